The monoisotopic (exact) mass is 422 g/mol. The van der Waals surface area contributed by atoms with Crippen LogP contribution in [0.2, 0.25) is 0 Å². The lowest BCUT2D eigenvalue weighted by Gasteiger charge is -2.14. The highest BCUT2D eigenvalue weighted by Crippen LogP contribution is 2.09. The Kier molecular flexibility index (Phi) is 22.8. The fraction of sp³-hybridized carbons (Fsp3) is 0.950. The molecule has 29 heavy (non-hydrogen) atoms. The summed E-state index contributed by atoms with van der Waals surface area (Å²) < 4.78 is 31.7. The largest absolute Gasteiger partial charge is 0.384 e. The summed E-state index contributed by atoms with van der Waals surface area (Å²) in [4.78, 5) is 11.8. The Bertz CT molecular complexity index is 343. The number of nitrogens with one attached hydrogen (secondary N) is 1. The van der Waals surface area contributed by atoms with E-state index in [0.717, 1.165) is 19.3 Å². The summed E-state index contributed by atoms with van der Waals surface area (Å²) in [5, 5.41) is 2.92. The number of hydrogen-bond donors (Lipinski definition) is 2. The molecule has 0 radical (unpaired) electrons. The van der Waals surface area contributed by atoms with Gasteiger partial charge < -0.3 is 39.5 Å². The first-order chi connectivity index (χ1) is 14.2. The van der Waals surface area contributed by atoms with Gasteiger partial charge in [-0.15, -0.1) is 0 Å². The van der Waals surface area contributed by atoms with Crippen LogP contribution in [-0.2, 0) is 33.2 Å². The van der Waals surface area contributed by atoms with Crippen molar-refractivity contribution in [3.05, 3.63) is 0 Å². The van der Waals surface area contributed by atoms with E-state index in [2.05, 4.69) is 5.32 Å². The van der Waals surface area contributed by atoms with Crippen LogP contribution < -0.4 is 11.1 Å². The van der Waals surface area contributed by atoms with Crippen molar-refractivity contribution in [3.63, 3.8) is 0 Å². The summed E-state index contributed by atoms with van der Waals surface area (Å²) in [5.41, 5.74) is 5.31. The van der Waals surface area contributed by atoms with Gasteiger partial charge in [-0.2, -0.15) is 0 Å². The average molecular weight is 423 g/mol. The van der Waals surface area contributed by atoms with E-state index in [1.54, 1.807) is 14.2 Å². The Morgan fingerprint density at radius 2 is 1.31 bits per heavy atom. The molecule has 9 nitrogen and oxygen atoms in total. The van der Waals surface area contributed by atoms with E-state index in [9.17, 15) is 4.79 Å². The Balaban J connectivity index is 3.29. The zero-order chi connectivity index (χ0) is 21.4. The van der Waals surface area contributed by atoms with E-state index < -0.39 is 0 Å². The Morgan fingerprint density at radius 1 is 0.793 bits per heavy atom. The van der Waals surface area contributed by atoms with Crippen LogP contribution in [0.5, 0.6) is 0 Å². The Hall–Kier alpha value is -0.810. The minimum Gasteiger partial charge on any atom is -0.384 e. The summed E-state index contributed by atoms with van der Waals surface area (Å²) in [6.45, 7) is 6.64. The van der Waals surface area contributed by atoms with Gasteiger partial charge in [-0.3, -0.25) is 4.79 Å². The number of hydrogen-bond acceptors (Lipinski definition) is 8. The highest BCUT2D eigenvalue weighted by atomic mass is 16.6. The molecule has 3 N–H and O–H groups in total. The first kappa shape index (κ1) is 28.2. The van der Waals surface area contributed by atoms with Gasteiger partial charge in [0.05, 0.1) is 66.1 Å². The number of unbranched alkanes of at least 4 members (excludes halogenated alkanes) is 1. The van der Waals surface area contributed by atoms with Crippen LogP contribution in [0, 0.1) is 5.92 Å². The molecule has 0 heterocycles. The molecule has 0 unspecified atom stereocenters. The fourth-order valence-corrected chi connectivity index (χ4v) is 2.57. The molecule has 0 aliphatic rings. The maximum atomic E-state index is 11.8. The van der Waals surface area contributed by atoms with Crippen LogP contribution in [0.15, 0.2) is 0 Å². The molecule has 0 saturated carbocycles. The van der Waals surface area contributed by atoms with Gasteiger partial charge in [0.25, 0.3) is 0 Å². The molecule has 0 aliphatic carbocycles. The maximum absolute atomic E-state index is 11.8. The van der Waals surface area contributed by atoms with E-state index in [0.29, 0.717) is 91.5 Å². The van der Waals surface area contributed by atoms with E-state index in [4.69, 9.17) is 34.2 Å². The SMILES string of the molecule is COCC(CCCCNC(=O)CCOCCOCCOCCOCCN)COC. The summed E-state index contributed by atoms with van der Waals surface area (Å²) >= 11 is 0. The number of amides is 1. The molecule has 0 aromatic heterocycles. The molecule has 0 rings (SSSR count). The summed E-state index contributed by atoms with van der Waals surface area (Å²) in [6.07, 6.45) is 3.39. The normalized spacial score (nSPS) is 11.3. The third kappa shape index (κ3) is 21.7. The molecule has 0 aromatic carbocycles. The smallest absolute Gasteiger partial charge is 0.222 e. The van der Waals surface area contributed by atoms with Gasteiger partial charge in [-0.1, -0.05) is 6.42 Å². The molecular weight excluding hydrogens is 380 g/mol. The van der Waals surface area contributed by atoms with Crippen molar-refractivity contribution in [2.75, 3.05) is 93.4 Å². The minimum atomic E-state index is 0.0153. The second kappa shape index (κ2) is 23.5. The third-order valence-corrected chi connectivity index (χ3v) is 4.02. The van der Waals surface area contributed by atoms with E-state index >= 15 is 0 Å². The third-order valence-electron chi connectivity index (χ3n) is 4.02. The van der Waals surface area contributed by atoms with Crippen molar-refractivity contribution in [1.29, 1.82) is 0 Å². The van der Waals surface area contributed by atoms with Crippen molar-refractivity contribution in [2.24, 2.45) is 11.7 Å². The molecule has 0 saturated heterocycles. The van der Waals surface area contributed by atoms with Crippen LogP contribution in [0.4, 0.5) is 0 Å². The van der Waals surface area contributed by atoms with Crippen LogP contribution in [0.3, 0.4) is 0 Å². The van der Waals surface area contributed by atoms with Crippen LogP contribution >= 0.6 is 0 Å². The number of rotatable bonds is 23. The van der Waals surface area contributed by atoms with Gasteiger partial charge >= 0.3 is 0 Å². The summed E-state index contributed by atoms with van der Waals surface area (Å²) in [7, 11) is 3.41. The Labute approximate surface area is 175 Å². The lowest BCUT2D eigenvalue weighted by Crippen LogP contribution is -2.26. The van der Waals surface area contributed by atoms with Gasteiger partial charge in [0.1, 0.15) is 0 Å². The average Bonchev–Trinajstić information content (AvgIpc) is 2.71. The lowest BCUT2D eigenvalue weighted by atomic mass is 10.0. The maximum Gasteiger partial charge on any atom is 0.222 e. The van der Waals surface area contributed by atoms with Crippen LogP contribution in [0.1, 0.15) is 25.7 Å². The molecule has 174 valence electrons. The molecular formula is C20H42N2O7. The number of ether oxygens (including phenoxy) is 6. The van der Waals surface area contributed by atoms with Gasteiger partial charge in [0.15, 0.2) is 0 Å². The second-order valence-electron chi connectivity index (χ2n) is 6.61. The van der Waals surface area contributed by atoms with E-state index in [1.807, 2.05) is 0 Å². The zero-order valence-corrected chi connectivity index (χ0v) is 18.3. The predicted octanol–water partition coefficient (Wildman–Crippen LogP) is 0.597. The molecule has 0 spiro atoms. The number of methoxy groups -OCH3 is 2. The van der Waals surface area contributed by atoms with Crippen molar-refractivity contribution in [2.45, 2.75) is 25.7 Å². The minimum absolute atomic E-state index is 0.0153. The molecule has 9 heteroatoms. The van der Waals surface area contributed by atoms with Crippen molar-refractivity contribution in [1.82, 2.24) is 5.32 Å². The van der Waals surface area contributed by atoms with Gasteiger partial charge in [-0.25, -0.2) is 0 Å². The summed E-state index contributed by atoms with van der Waals surface area (Å²) in [5.74, 6) is 0.430. The highest BCUT2D eigenvalue weighted by molar-refractivity contribution is 5.75. The molecule has 1 amide bonds. The van der Waals surface area contributed by atoms with Crippen LogP contribution in [-0.4, -0.2) is 99.3 Å². The molecule has 0 atom stereocenters. The van der Waals surface area contributed by atoms with Gasteiger partial charge in [0, 0.05) is 39.6 Å². The van der Waals surface area contributed by atoms with Gasteiger partial charge in [-0.05, 0) is 12.8 Å². The first-order valence-corrected chi connectivity index (χ1v) is 10.5. The van der Waals surface area contributed by atoms with Gasteiger partial charge in [0.2, 0.25) is 5.91 Å². The molecule has 0 aromatic rings. The summed E-state index contributed by atoms with van der Waals surface area (Å²) in [6, 6.07) is 0. The van der Waals surface area contributed by atoms with Crippen molar-refractivity contribution < 1.29 is 33.2 Å². The second-order valence-corrected chi connectivity index (χ2v) is 6.61. The number of carbonyl (C=O) groups is 1. The van der Waals surface area contributed by atoms with Crippen molar-refractivity contribution >= 4 is 5.91 Å². The molecule has 0 bridgehead atoms. The zero-order valence-electron chi connectivity index (χ0n) is 18.3. The number of nitrogens with two attached hydrogens (primary N) is 1. The Morgan fingerprint density at radius 3 is 1.83 bits per heavy atom. The predicted molar refractivity (Wildman–Crippen MR) is 111 cm³/mol. The van der Waals surface area contributed by atoms with E-state index in [1.165, 1.54) is 0 Å². The quantitative estimate of drug-likeness (QED) is 0.230. The molecule has 0 fully saturated rings. The number of carbonyl (C=O) groups excluding carboxylic acids is 1. The lowest BCUT2D eigenvalue weighted by molar-refractivity contribution is -0.122. The first-order valence-electron chi connectivity index (χ1n) is 10.5. The van der Waals surface area contributed by atoms with E-state index in [-0.39, 0.29) is 5.91 Å². The highest BCUT2D eigenvalue weighted by Gasteiger charge is 2.08. The molecule has 0 aliphatic heterocycles. The van der Waals surface area contributed by atoms with Crippen LogP contribution in [0.25, 0.3) is 0 Å². The fourth-order valence-electron chi connectivity index (χ4n) is 2.57. The standard InChI is InChI=1S/C20H42N2O7/c1-24-17-19(18-25-2)5-3-4-8-22-20(23)6-9-26-11-13-28-15-16-29-14-12-27-10-7-21/h19H,3-18,21H2,1-2H3,(H,22,23). The topological polar surface area (TPSA) is 111 Å². The van der Waals surface area contributed by atoms with Crippen molar-refractivity contribution in [3.8, 4) is 0 Å².